The second kappa shape index (κ2) is 5.16. The average Bonchev–Trinajstić information content (AvgIpc) is 2.14. The molecule has 14 heavy (non-hydrogen) atoms. The van der Waals surface area contributed by atoms with E-state index in [0.717, 1.165) is 0 Å². The molecule has 0 saturated carbocycles. The molecular weight excluding hydrogens is 184 g/mol. The first-order valence-electron chi connectivity index (χ1n) is 4.34. The summed E-state index contributed by atoms with van der Waals surface area (Å²) in [6.07, 6.45) is 1.55. The van der Waals surface area contributed by atoms with E-state index in [0.29, 0.717) is 5.56 Å². The van der Waals surface area contributed by atoms with E-state index in [1.165, 1.54) is 17.7 Å². The van der Waals surface area contributed by atoms with E-state index in [9.17, 15) is 14.9 Å². The van der Waals surface area contributed by atoms with Gasteiger partial charge in [-0.05, 0) is 12.5 Å². The average molecular weight is 198 g/mol. The number of aromatic nitrogens is 1. The maximum absolute atomic E-state index is 11.1. The third-order valence-corrected chi connectivity index (χ3v) is 1.50. The Morgan fingerprint density at radius 2 is 1.93 bits per heavy atom. The summed E-state index contributed by atoms with van der Waals surface area (Å²) in [5, 5.41) is 10.3. The van der Waals surface area contributed by atoms with Crippen LogP contribution in [0.1, 0.15) is 19.4 Å². The molecule has 5 heteroatoms. The highest BCUT2D eigenvalue weighted by molar-refractivity contribution is 5.29. The van der Waals surface area contributed by atoms with Crippen molar-refractivity contribution in [3.05, 3.63) is 38.3 Å². The summed E-state index contributed by atoms with van der Waals surface area (Å²) in [6, 6.07) is 1.27. The molecule has 0 atom stereocenters. The van der Waals surface area contributed by atoms with E-state index in [4.69, 9.17) is 0 Å². The lowest BCUT2D eigenvalue weighted by molar-refractivity contribution is -0.386. The summed E-state index contributed by atoms with van der Waals surface area (Å²) in [5.74, 6) is 0. The third-order valence-electron chi connectivity index (χ3n) is 1.50. The molecular formula is C9H14N2O3. The minimum Gasteiger partial charge on any atom is -0.312 e. The molecule has 1 aromatic rings. The van der Waals surface area contributed by atoms with E-state index in [1.807, 2.05) is 13.8 Å². The smallest absolute Gasteiger partial charge is 0.312 e. The first-order valence-corrected chi connectivity index (χ1v) is 4.34. The summed E-state index contributed by atoms with van der Waals surface area (Å²) in [7, 11) is 1.49. The predicted octanol–water partition coefficient (Wildman–Crippen LogP) is 1.63. The molecule has 0 amide bonds. The Morgan fingerprint density at radius 3 is 2.36 bits per heavy atom. The fourth-order valence-corrected chi connectivity index (χ4v) is 0.990. The van der Waals surface area contributed by atoms with Crippen LogP contribution >= 0.6 is 0 Å². The molecule has 1 heterocycles. The zero-order valence-electron chi connectivity index (χ0n) is 8.77. The van der Waals surface area contributed by atoms with Crippen LogP contribution in [-0.2, 0) is 7.05 Å². The molecule has 0 fully saturated rings. The van der Waals surface area contributed by atoms with Gasteiger partial charge < -0.3 is 4.57 Å². The minimum atomic E-state index is -0.671. The number of nitrogens with zero attached hydrogens (tertiary/aromatic N) is 2. The summed E-state index contributed by atoms with van der Waals surface area (Å²) < 4.78 is 1.20. The second-order valence-corrected chi connectivity index (χ2v) is 2.58. The lowest BCUT2D eigenvalue weighted by Crippen LogP contribution is -2.19. The van der Waals surface area contributed by atoms with Crippen LogP contribution in [0, 0.1) is 17.0 Å². The largest absolute Gasteiger partial charge is 0.334 e. The van der Waals surface area contributed by atoms with Crippen molar-refractivity contribution in [1.29, 1.82) is 0 Å². The highest BCUT2D eigenvalue weighted by Gasteiger charge is 2.12. The summed E-state index contributed by atoms with van der Waals surface area (Å²) in [4.78, 5) is 20.7. The summed E-state index contributed by atoms with van der Waals surface area (Å²) in [5.41, 5.74) is -0.258. The van der Waals surface area contributed by atoms with E-state index < -0.39 is 10.5 Å². The van der Waals surface area contributed by atoms with Crippen molar-refractivity contribution < 1.29 is 4.92 Å². The molecule has 78 valence electrons. The van der Waals surface area contributed by atoms with E-state index in [2.05, 4.69) is 0 Å². The Hall–Kier alpha value is -1.65. The molecule has 0 aliphatic rings. The number of pyridine rings is 1. The van der Waals surface area contributed by atoms with Gasteiger partial charge in [0.05, 0.1) is 4.92 Å². The molecule has 1 aromatic heterocycles. The van der Waals surface area contributed by atoms with Crippen LogP contribution in [0.2, 0.25) is 0 Å². The maximum Gasteiger partial charge on any atom is 0.334 e. The van der Waals surface area contributed by atoms with Gasteiger partial charge in [-0.3, -0.25) is 14.9 Å². The molecule has 0 aliphatic heterocycles. The predicted molar refractivity (Wildman–Crippen MR) is 54.4 cm³/mol. The number of hydrogen-bond acceptors (Lipinski definition) is 3. The van der Waals surface area contributed by atoms with Crippen molar-refractivity contribution in [3.8, 4) is 0 Å². The van der Waals surface area contributed by atoms with Crippen LogP contribution < -0.4 is 5.56 Å². The SMILES string of the molecule is CC.Cc1cc([N+](=O)[O-])c(=O)n(C)c1. The number of nitro groups is 1. The topological polar surface area (TPSA) is 65.1 Å². The van der Waals surface area contributed by atoms with Crippen LogP contribution in [0.15, 0.2) is 17.1 Å². The quantitative estimate of drug-likeness (QED) is 0.508. The summed E-state index contributed by atoms with van der Waals surface area (Å²) in [6.45, 7) is 5.70. The highest BCUT2D eigenvalue weighted by atomic mass is 16.6. The van der Waals surface area contributed by atoms with Crippen molar-refractivity contribution in [1.82, 2.24) is 4.57 Å². The number of rotatable bonds is 1. The summed E-state index contributed by atoms with van der Waals surface area (Å²) >= 11 is 0. The van der Waals surface area contributed by atoms with E-state index >= 15 is 0 Å². The third kappa shape index (κ3) is 2.69. The lowest BCUT2D eigenvalue weighted by Gasteiger charge is -1.98. The van der Waals surface area contributed by atoms with Gasteiger partial charge in [0.15, 0.2) is 0 Å². The fraction of sp³-hybridized carbons (Fsp3) is 0.444. The van der Waals surface area contributed by atoms with Gasteiger partial charge in [0, 0.05) is 19.3 Å². The van der Waals surface area contributed by atoms with Gasteiger partial charge in [0.1, 0.15) is 0 Å². The van der Waals surface area contributed by atoms with Gasteiger partial charge in [-0.2, -0.15) is 0 Å². The van der Waals surface area contributed by atoms with Gasteiger partial charge in [0.2, 0.25) is 0 Å². The van der Waals surface area contributed by atoms with Gasteiger partial charge in [-0.1, -0.05) is 13.8 Å². The van der Waals surface area contributed by atoms with E-state index in [-0.39, 0.29) is 5.69 Å². The van der Waals surface area contributed by atoms with Crippen LogP contribution in [0.5, 0.6) is 0 Å². The Morgan fingerprint density at radius 1 is 1.43 bits per heavy atom. The minimum absolute atomic E-state index is 0.377. The zero-order valence-corrected chi connectivity index (χ0v) is 8.77. The lowest BCUT2D eigenvalue weighted by atomic mass is 10.3. The molecule has 0 radical (unpaired) electrons. The van der Waals surface area contributed by atoms with Crippen molar-refractivity contribution in [2.24, 2.45) is 7.05 Å². The van der Waals surface area contributed by atoms with Crippen molar-refractivity contribution >= 4 is 5.69 Å². The zero-order chi connectivity index (χ0) is 11.3. The normalized spacial score (nSPS) is 8.86. The van der Waals surface area contributed by atoms with Gasteiger partial charge in [-0.15, -0.1) is 0 Å². The van der Waals surface area contributed by atoms with Gasteiger partial charge in [-0.25, -0.2) is 0 Å². The molecule has 0 saturated heterocycles. The van der Waals surface area contributed by atoms with Crippen molar-refractivity contribution in [3.63, 3.8) is 0 Å². The first kappa shape index (κ1) is 12.3. The Labute approximate surface area is 82.1 Å². The van der Waals surface area contributed by atoms with Gasteiger partial charge in [0.25, 0.3) is 0 Å². The molecule has 0 aliphatic carbocycles. The first-order chi connectivity index (χ1) is 6.52. The van der Waals surface area contributed by atoms with Crippen LogP contribution in [-0.4, -0.2) is 9.49 Å². The van der Waals surface area contributed by atoms with Crippen molar-refractivity contribution in [2.45, 2.75) is 20.8 Å². The molecule has 0 aromatic carbocycles. The van der Waals surface area contributed by atoms with Crippen LogP contribution in [0.3, 0.4) is 0 Å². The van der Waals surface area contributed by atoms with Crippen molar-refractivity contribution in [2.75, 3.05) is 0 Å². The van der Waals surface area contributed by atoms with Crippen LogP contribution in [0.4, 0.5) is 5.69 Å². The molecule has 5 nitrogen and oxygen atoms in total. The number of hydrogen-bond donors (Lipinski definition) is 0. The highest BCUT2D eigenvalue weighted by Crippen LogP contribution is 2.05. The Bertz CT molecular complexity index is 382. The number of aryl methyl sites for hydroxylation is 2. The monoisotopic (exact) mass is 198 g/mol. The van der Waals surface area contributed by atoms with Gasteiger partial charge >= 0.3 is 11.2 Å². The maximum atomic E-state index is 11.1. The molecule has 0 N–H and O–H groups in total. The fourth-order valence-electron chi connectivity index (χ4n) is 0.990. The molecule has 0 unspecified atom stereocenters. The standard InChI is InChI=1S/C7H8N2O3.C2H6/c1-5-3-6(9(11)12)7(10)8(2)4-5;1-2/h3-4H,1-2H3;1-2H3. The molecule has 0 bridgehead atoms. The molecule has 0 spiro atoms. The van der Waals surface area contributed by atoms with Crippen LogP contribution in [0.25, 0.3) is 0 Å². The Kier molecular flexibility index (Phi) is 4.55. The Balaban J connectivity index is 0.000000791. The second-order valence-electron chi connectivity index (χ2n) is 2.58. The van der Waals surface area contributed by atoms with E-state index in [1.54, 1.807) is 13.1 Å². The molecule has 1 rings (SSSR count).